The molecule has 0 radical (unpaired) electrons. The number of aromatic nitrogens is 2. The molecular formula is C14H16N2O3. The smallest absolute Gasteiger partial charge is 0.335 e. The van der Waals surface area contributed by atoms with Crippen LogP contribution in [0.2, 0.25) is 0 Å². The molecule has 0 fully saturated rings. The predicted molar refractivity (Wildman–Crippen MR) is 71.9 cm³/mol. The molecule has 0 saturated heterocycles. The lowest BCUT2D eigenvalue weighted by atomic mass is 10.1. The van der Waals surface area contributed by atoms with Crippen molar-refractivity contribution < 1.29 is 9.90 Å². The summed E-state index contributed by atoms with van der Waals surface area (Å²) < 4.78 is 1.37. The van der Waals surface area contributed by atoms with E-state index < -0.39 is 5.97 Å². The van der Waals surface area contributed by atoms with Crippen molar-refractivity contribution in [3.05, 3.63) is 51.9 Å². The summed E-state index contributed by atoms with van der Waals surface area (Å²) >= 11 is 0. The number of benzene rings is 1. The highest BCUT2D eigenvalue weighted by Gasteiger charge is 2.09. The third-order valence-electron chi connectivity index (χ3n) is 2.75. The third kappa shape index (κ3) is 2.93. The van der Waals surface area contributed by atoms with Crippen LogP contribution < -0.4 is 5.56 Å². The SMILES string of the molecule is CC(C)Cc1cc(=O)n(-c2cccc(C(=O)O)c2)[nH]1. The second kappa shape index (κ2) is 5.14. The van der Waals surface area contributed by atoms with Gasteiger partial charge in [0.25, 0.3) is 5.56 Å². The van der Waals surface area contributed by atoms with E-state index >= 15 is 0 Å². The van der Waals surface area contributed by atoms with Gasteiger partial charge in [-0.15, -0.1) is 0 Å². The van der Waals surface area contributed by atoms with E-state index in [1.165, 1.54) is 16.8 Å². The molecule has 0 aliphatic rings. The van der Waals surface area contributed by atoms with Gasteiger partial charge in [0.15, 0.2) is 0 Å². The summed E-state index contributed by atoms with van der Waals surface area (Å²) in [7, 11) is 0. The number of carboxylic acid groups (broad SMARTS) is 1. The van der Waals surface area contributed by atoms with Crippen LogP contribution in [-0.4, -0.2) is 20.9 Å². The topological polar surface area (TPSA) is 75.1 Å². The molecule has 0 unspecified atom stereocenters. The molecule has 0 amide bonds. The second-order valence-corrected chi connectivity index (χ2v) is 4.91. The van der Waals surface area contributed by atoms with Gasteiger partial charge in [0.05, 0.1) is 11.3 Å². The number of carbonyl (C=O) groups is 1. The van der Waals surface area contributed by atoms with Gasteiger partial charge < -0.3 is 5.11 Å². The first-order chi connectivity index (χ1) is 8.97. The number of aromatic carboxylic acids is 1. The Morgan fingerprint density at radius 2 is 2.11 bits per heavy atom. The molecule has 0 saturated carbocycles. The Balaban J connectivity index is 2.41. The minimum Gasteiger partial charge on any atom is -0.478 e. The first kappa shape index (κ1) is 13.1. The van der Waals surface area contributed by atoms with Crippen molar-refractivity contribution in [1.29, 1.82) is 0 Å². The Labute approximate surface area is 110 Å². The number of carboxylic acids is 1. The Bertz CT molecular complexity index is 653. The van der Waals surface area contributed by atoms with Crippen LogP contribution in [0.5, 0.6) is 0 Å². The zero-order chi connectivity index (χ0) is 14.0. The highest BCUT2D eigenvalue weighted by Crippen LogP contribution is 2.10. The van der Waals surface area contributed by atoms with E-state index in [2.05, 4.69) is 18.9 Å². The first-order valence-corrected chi connectivity index (χ1v) is 6.12. The molecule has 1 aromatic heterocycles. The summed E-state index contributed by atoms with van der Waals surface area (Å²) in [6.07, 6.45) is 0.779. The van der Waals surface area contributed by atoms with Crippen LogP contribution in [-0.2, 0) is 6.42 Å². The largest absolute Gasteiger partial charge is 0.478 e. The molecule has 0 aliphatic heterocycles. The number of nitrogens with zero attached hydrogens (tertiary/aromatic N) is 1. The molecule has 19 heavy (non-hydrogen) atoms. The van der Waals surface area contributed by atoms with Gasteiger partial charge in [0.1, 0.15) is 0 Å². The van der Waals surface area contributed by atoms with Gasteiger partial charge in [-0.25, -0.2) is 9.48 Å². The molecule has 2 N–H and O–H groups in total. The van der Waals surface area contributed by atoms with E-state index in [1.807, 2.05) is 0 Å². The van der Waals surface area contributed by atoms with Gasteiger partial charge in [0.2, 0.25) is 0 Å². The molecule has 0 bridgehead atoms. The third-order valence-corrected chi connectivity index (χ3v) is 2.75. The first-order valence-electron chi connectivity index (χ1n) is 6.12. The van der Waals surface area contributed by atoms with Crippen molar-refractivity contribution in [3.8, 4) is 5.69 Å². The van der Waals surface area contributed by atoms with Crippen LogP contribution in [0, 0.1) is 5.92 Å². The maximum Gasteiger partial charge on any atom is 0.335 e. The maximum atomic E-state index is 11.9. The van der Waals surface area contributed by atoms with E-state index in [9.17, 15) is 9.59 Å². The van der Waals surface area contributed by atoms with Crippen LogP contribution in [0.25, 0.3) is 5.69 Å². The number of hydrogen-bond acceptors (Lipinski definition) is 2. The molecule has 100 valence electrons. The van der Waals surface area contributed by atoms with Gasteiger partial charge in [-0.3, -0.25) is 9.89 Å². The summed E-state index contributed by atoms with van der Waals surface area (Å²) in [4.78, 5) is 22.8. The summed E-state index contributed by atoms with van der Waals surface area (Å²) in [5.74, 6) is -0.569. The normalized spacial score (nSPS) is 10.9. The number of aromatic amines is 1. The van der Waals surface area contributed by atoms with Crippen molar-refractivity contribution in [3.63, 3.8) is 0 Å². The monoisotopic (exact) mass is 260 g/mol. The van der Waals surface area contributed by atoms with E-state index in [0.717, 1.165) is 12.1 Å². The fraction of sp³-hybridized carbons (Fsp3) is 0.286. The van der Waals surface area contributed by atoms with Crippen molar-refractivity contribution >= 4 is 5.97 Å². The summed E-state index contributed by atoms with van der Waals surface area (Å²) in [5, 5.41) is 12.0. The molecule has 5 nitrogen and oxygen atoms in total. The summed E-state index contributed by atoms with van der Waals surface area (Å²) in [6.45, 7) is 4.14. The number of H-pyrrole nitrogens is 1. The average molecular weight is 260 g/mol. The molecule has 1 aromatic carbocycles. The van der Waals surface area contributed by atoms with Crippen LogP contribution in [0.15, 0.2) is 35.1 Å². The van der Waals surface area contributed by atoms with Gasteiger partial charge in [-0.2, -0.15) is 0 Å². The Kier molecular flexibility index (Phi) is 3.55. The van der Waals surface area contributed by atoms with E-state index in [1.54, 1.807) is 18.2 Å². The predicted octanol–water partition coefficient (Wildman–Crippen LogP) is 2.06. The highest BCUT2D eigenvalue weighted by atomic mass is 16.4. The van der Waals surface area contributed by atoms with Crippen LogP contribution >= 0.6 is 0 Å². The Morgan fingerprint density at radius 1 is 1.37 bits per heavy atom. The standard InChI is InChI=1S/C14H16N2O3/c1-9(2)6-11-8-13(17)16(15-11)12-5-3-4-10(7-12)14(18)19/h3-5,7-9,15H,6H2,1-2H3,(H,18,19). The highest BCUT2D eigenvalue weighted by molar-refractivity contribution is 5.88. The zero-order valence-electron chi connectivity index (χ0n) is 10.9. The van der Waals surface area contributed by atoms with Crippen LogP contribution in [0.4, 0.5) is 0 Å². The van der Waals surface area contributed by atoms with E-state index in [0.29, 0.717) is 11.6 Å². The lowest BCUT2D eigenvalue weighted by Gasteiger charge is -2.04. The second-order valence-electron chi connectivity index (χ2n) is 4.91. The summed E-state index contributed by atoms with van der Waals surface area (Å²) in [6, 6.07) is 7.83. The molecular weight excluding hydrogens is 244 g/mol. The molecule has 2 aromatic rings. The fourth-order valence-electron chi connectivity index (χ4n) is 1.96. The number of nitrogens with one attached hydrogen (secondary N) is 1. The molecule has 0 aliphatic carbocycles. The lowest BCUT2D eigenvalue weighted by Crippen LogP contribution is -2.14. The number of hydrogen-bond donors (Lipinski definition) is 2. The minimum atomic E-state index is -1.01. The number of rotatable bonds is 4. The van der Waals surface area contributed by atoms with Crippen molar-refractivity contribution in [2.45, 2.75) is 20.3 Å². The zero-order valence-corrected chi connectivity index (χ0v) is 10.9. The van der Waals surface area contributed by atoms with Crippen LogP contribution in [0.1, 0.15) is 29.9 Å². The van der Waals surface area contributed by atoms with E-state index in [4.69, 9.17) is 5.11 Å². The van der Waals surface area contributed by atoms with Gasteiger partial charge in [0, 0.05) is 11.8 Å². The molecule has 2 rings (SSSR count). The average Bonchev–Trinajstić information content (AvgIpc) is 2.69. The van der Waals surface area contributed by atoms with Gasteiger partial charge >= 0.3 is 5.97 Å². The fourth-order valence-corrected chi connectivity index (χ4v) is 1.96. The summed E-state index contributed by atoms with van der Waals surface area (Å²) in [5.41, 5.74) is 1.35. The Hall–Kier alpha value is -2.30. The quantitative estimate of drug-likeness (QED) is 0.883. The Morgan fingerprint density at radius 3 is 2.74 bits per heavy atom. The van der Waals surface area contributed by atoms with Gasteiger partial charge in [-0.05, 0) is 30.5 Å². The lowest BCUT2D eigenvalue weighted by molar-refractivity contribution is 0.0697. The minimum absolute atomic E-state index is 0.157. The molecule has 5 heteroatoms. The van der Waals surface area contributed by atoms with Crippen molar-refractivity contribution in [1.82, 2.24) is 9.78 Å². The van der Waals surface area contributed by atoms with Crippen molar-refractivity contribution in [2.24, 2.45) is 5.92 Å². The van der Waals surface area contributed by atoms with Crippen molar-refractivity contribution in [2.75, 3.05) is 0 Å². The molecule has 1 heterocycles. The van der Waals surface area contributed by atoms with E-state index in [-0.39, 0.29) is 11.1 Å². The van der Waals surface area contributed by atoms with Gasteiger partial charge in [-0.1, -0.05) is 19.9 Å². The molecule has 0 atom stereocenters. The maximum absolute atomic E-state index is 11.9. The van der Waals surface area contributed by atoms with Crippen LogP contribution in [0.3, 0.4) is 0 Å². The molecule has 0 spiro atoms.